The molecule has 1 atom stereocenters. The fourth-order valence-electron chi connectivity index (χ4n) is 3.28. The lowest BCUT2D eigenvalue weighted by molar-refractivity contribution is -0.116. The lowest BCUT2D eigenvalue weighted by Gasteiger charge is -2.32. The second-order valence-corrected chi connectivity index (χ2v) is 7.99. The third-order valence-electron chi connectivity index (χ3n) is 4.31. The molecule has 24 heavy (non-hydrogen) atoms. The van der Waals surface area contributed by atoms with Crippen molar-refractivity contribution >= 4 is 39.4 Å². The molecule has 4 rings (SSSR count). The van der Waals surface area contributed by atoms with Gasteiger partial charge >= 0.3 is 0 Å². The standard InChI is InChI=1S/C17H17BrN4OS/c1-2-24-17-20-16-19-12-4-3-5-13(23)14(12)15(22(16)21-17)10-6-8-11(18)9-7-10/h6-9,15H,2-5H2,1H3,(H,19,20,21)/t15-/m1/s1. The maximum absolute atomic E-state index is 12.6. The number of nitrogens with zero attached hydrogens (tertiary/aromatic N) is 3. The number of allylic oxidation sites excluding steroid dienone is 2. The lowest BCUT2D eigenvalue weighted by atomic mass is 9.85. The zero-order valence-electron chi connectivity index (χ0n) is 13.3. The number of carbonyl (C=O) groups is 1. The van der Waals surface area contributed by atoms with Gasteiger partial charge in [-0.05, 0) is 36.3 Å². The number of benzene rings is 1. The summed E-state index contributed by atoms with van der Waals surface area (Å²) in [6.07, 6.45) is 2.38. The van der Waals surface area contributed by atoms with Crippen LogP contribution in [0.25, 0.3) is 0 Å². The van der Waals surface area contributed by atoms with E-state index in [0.717, 1.165) is 51.0 Å². The molecule has 1 aromatic heterocycles. The summed E-state index contributed by atoms with van der Waals surface area (Å²) in [5.74, 6) is 1.85. The zero-order valence-corrected chi connectivity index (χ0v) is 15.7. The first kappa shape index (κ1) is 15.9. The Morgan fingerprint density at radius 2 is 2.12 bits per heavy atom. The van der Waals surface area contributed by atoms with Crippen molar-refractivity contribution in [1.29, 1.82) is 0 Å². The Bertz CT molecular complexity index is 828. The molecule has 1 aromatic carbocycles. The van der Waals surface area contributed by atoms with Gasteiger partial charge in [-0.3, -0.25) is 4.79 Å². The van der Waals surface area contributed by atoms with E-state index in [1.54, 1.807) is 11.8 Å². The van der Waals surface area contributed by atoms with E-state index in [1.807, 2.05) is 28.9 Å². The molecule has 0 saturated heterocycles. The highest BCUT2D eigenvalue weighted by molar-refractivity contribution is 9.10. The van der Waals surface area contributed by atoms with Gasteiger partial charge in [-0.25, -0.2) is 4.68 Å². The number of anilines is 1. The highest BCUT2D eigenvalue weighted by Crippen LogP contribution is 2.40. The molecule has 2 aromatic rings. The van der Waals surface area contributed by atoms with Crippen molar-refractivity contribution in [1.82, 2.24) is 14.8 Å². The first-order valence-electron chi connectivity index (χ1n) is 8.05. The summed E-state index contributed by atoms with van der Waals surface area (Å²) in [6, 6.07) is 7.90. The normalized spacial score (nSPS) is 19.8. The van der Waals surface area contributed by atoms with Crippen molar-refractivity contribution in [3.8, 4) is 0 Å². The largest absolute Gasteiger partial charge is 0.328 e. The van der Waals surface area contributed by atoms with E-state index in [1.165, 1.54) is 0 Å². The molecule has 0 unspecified atom stereocenters. The van der Waals surface area contributed by atoms with Crippen molar-refractivity contribution in [3.05, 3.63) is 45.6 Å². The molecule has 1 aliphatic heterocycles. The number of aromatic nitrogens is 3. The average molecular weight is 405 g/mol. The Kier molecular flexibility index (Phi) is 4.22. The molecule has 0 fully saturated rings. The summed E-state index contributed by atoms with van der Waals surface area (Å²) >= 11 is 5.09. The van der Waals surface area contributed by atoms with Crippen LogP contribution in [-0.2, 0) is 4.79 Å². The summed E-state index contributed by atoms with van der Waals surface area (Å²) < 4.78 is 2.88. The van der Waals surface area contributed by atoms with Gasteiger partial charge in [0.25, 0.3) is 0 Å². The van der Waals surface area contributed by atoms with E-state index in [9.17, 15) is 4.79 Å². The van der Waals surface area contributed by atoms with Gasteiger partial charge in [0.1, 0.15) is 6.04 Å². The molecule has 1 N–H and O–H groups in total. The fourth-order valence-corrected chi connectivity index (χ4v) is 4.10. The molecular weight excluding hydrogens is 388 g/mol. The predicted molar refractivity (Wildman–Crippen MR) is 98.2 cm³/mol. The Balaban J connectivity index is 1.87. The van der Waals surface area contributed by atoms with E-state index in [-0.39, 0.29) is 11.8 Å². The van der Waals surface area contributed by atoms with Crippen LogP contribution in [0.4, 0.5) is 5.95 Å². The average Bonchev–Trinajstić information content (AvgIpc) is 2.96. The van der Waals surface area contributed by atoms with Gasteiger partial charge < -0.3 is 5.32 Å². The Labute approximate surface area is 153 Å². The highest BCUT2D eigenvalue weighted by Gasteiger charge is 2.36. The zero-order chi connectivity index (χ0) is 16.7. The van der Waals surface area contributed by atoms with Crippen LogP contribution in [0.5, 0.6) is 0 Å². The van der Waals surface area contributed by atoms with Crippen LogP contribution in [0.15, 0.2) is 45.2 Å². The molecule has 2 heterocycles. The van der Waals surface area contributed by atoms with Crippen molar-refractivity contribution in [2.45, 2.75) is 37.4 Å². The number of thioether (sulfide) groups is 1. The van der Waals surface area contributed by atoms with Crippen LogP contribution < -0.4 is 5.32 Å². The van der Waals surface area contributed by atoms with Gasteiger partial charge in [0.15, 0.2) is 5.78 Å². The quantitative estimate of drug-likeness (QED) is 0.777. The first-order chi connectivity index (χ1) is 11.7. The molecule has 7 heteroatoms. The molecule has 0 spiro atoms. The molecule has 0 saturated carbocycles. The second-order valence-electron chi connectivity index (χ2n) is 5.84. The number of Topliss-reactive ketones (excluding diaryl/α,β-unsaturated/α-hetero) is 1. The van der Waals surface area contributed by atoms with Crippen LogP contribution in [-0.4, -0.2) is 26.3 Å². The smallest absolute Gasteiger partial charge is 0.227 e. The van der Waals surface area contributed by atoms with Gasteiger partial charge in [-0.15, -0.1) is 5.10 Å². The Morgan fingerprint density at radius 1 is 1.33 bits per heavy atom. The minimum atomic E-state index is -0.198. The van der Waals surface area contributed by atoms with Crippen LogP contribution in [0.2, 0.25) is 0 Å². The number of halogens is 1. The summed E-state index contributed by atoms with van der Waals surface area (Å²) in [5.41, 5.74) is 2.91. The second kappa shape index (κ2) is 6.37. The van der Waals surface area contributed by atoms with E-state index in [2.05, 4.69) is 38.3 Å². The number of ketones is 1. The molecule has 1 aliphatic carbocycles. The van der Waals surface area contributed by atoms with Gasteiger partial charge in [-0.2, -0.15) is 4.98 Å². The van der Waals surface area contributed by atoms with Crippen LogP contribution in [0, 0.1) is 0 Å². The van der Waals surface area contributed by atoms with Crippen molar-refractivity contribution in [2.75, 3.05) is 11.1 Å². The molecule has 0 radical (unpaired) electrons. The summed E-state index contributed by atoms with van der Waals surface area (Å²) in [7, 11) is 0. The van der Waals surface area contributed by atoms with E-state index in [4.69, 9.17) is 0 Å². The van der Waals surface area contributed by atoms with Gasteiger partial charge in [-0.1, -0.05) is 46.7 Å². The number of rotatable bonds is 3. The maximum atomic E-state index is 12.6. The van der Waals surface area contributed by atoms with Gasteiger partial charge in [0, 0.05) is 22.2 Å². The minimum absolute atomic E-state index is 0.198. The number of hydrogen-bond donors (Lipinski definition) is 1. The van der Waals surface area contributed by atoms with Gasteiger partial charge in [0.2, 0.25) is 11.1 Å². The van der Waals surface area contributed by atoms with Crippen LogP contribution in [0.1, 0.15) is 37.8 Å². The summed E-state index contributed by atoms with van der Waals surface area (Å²) in [4.78, 5) is 17.2. The van der Waals surface area contributed by atoms with E-state index in [0.29, 0.717) is 6.42 Å². The molecular formula is C17H17BrN4OS. The van der Waals surface area contributed by atoms with Crippen molar-refractivity contribution < 1.29 is 4.79 Å². The fraction of sp³-hybridized carbons (Fsp3) is 0.353. The monoisotopic (exact) mass is 404 g/mol. The minimum Gasteiger partial charge on any atom is -0.328 e. The van der Waals surface area contributed by atoms with E-state index < -0.39 is 0 Å². The summed E-state index contributed by atoms with van der Waals surface area (Å²) in [6.45, 7) is 2.08. The van der Waals surface area contributed by atoms with Crippen molar-refractivity contribution in [3.63, 3.8) is 0 Å². The van der Waals surface area contributed by atoms with Crippen molar-refractivity contribution in [2.24, 2.45) is 0 Å². The lowest BCUT2D eigenvalue weighted by Crippen LogP contribution is -2.31. The third-order valence-corrected chi connectivity index (χ3v) is 5.56. The molecule has 0 bridgehead atoms. The van der Waals surface area contributed by atoms with Gasteiger partial charge in [0.05, 0.1) is 0 Å². The Hall–Kier alpha value is -1.60. The molecule has 124 valence electrons. The third kappa shape index (κ3) is 2.69. The Morgan fingerprint density at radius 3 is 2.88 bits per heavy atom. The number of nitrogens with one attached hydrogen (secondary N) is 1. The topological polar surface area (TPSA) is 59.8 Å². The van der Waals surface area contributed by atoms with Crippen LogP contribution >= 0.6 is 27.7 Å². The number of carbonyl (C=O) groups excluding carboxylic acids is 1. The van der Waals surface area contributed by atoms with Crippen LogP contribution in [0.3, 0.4) is 0 Å². The maximum Gasteiger partial charge on any atom is 0.227 e. The van der Waals surface area contributed by atoms with E-state index >= 15 is 0 Å². The first-order valence-corrected chi connectivity index (χ1v) is 9.83. The molecule has 2 aliphatic rings. The number of fused-ring (bicyclic) bond motifs is 1. The summed E-state index contributed by atoms with van der Waals surface area (Å²) in [5, 5.41) is 8.74. The highest BCUT2D eigenvalue weighted by atomic mass is 79.9. The molecule has 5 nitrogen and oxygen atoms in total. The SMILES string of the molecule is CCSc1nc2n(n1)[C@H](c1ccc(Br)cc1)C1=C(CCCC1=O)N2. The molecule has 0 amide bonds. The number of hydrogen-bond acceptors (Lipinski definition) is 5. The predicted octanol–water partition coefficient (Wildman–Crippen LogP) is 4.17.